The monoisotopic (exact) mass is 581 g/mol. The van der Waals surface area contributed by atoms with E-state index in [9.17, 15) is 23.1 Å². The van der Waals surface area contributed by atoms with Gasteiger partial charge in [-0.25, -0.2) is 0 Å². The van der Waals surface area contributed by atoms with Gasteiger partial charge in [0.1, 0.15) is 5.75 Å². The number of aliphatic carboxylic acids is 1. The fourth-order valence-corrected chi connectivity index (χ4v) is 5.15. The molecule has 0 unspecified atom stereocenters. The van der Waals surface area contributed by atoms with E-state index in [1.165, 1.54) is 6.07 Å². The fourth-order valence-electron chi connectivity index (χ4n) is 4.85. The number of hydrogen-bond acceptors (Lipinski definition) is 3. The maximum Gasteiger partial charge on any atom is 0.417 e. The average molecular weight is 582 g/mol. The van der Waals surface area contributed by atoms with Crippen LogP contribution in [-0.4, -0.2) is 35.7 Å². The third kappa shape index (κ3) is 8.59. The molecule has 0 aliphatic carbocycles. The number of nitrogens with zero attached hydrogens (tertiary/aromatic N) is 1. The lowest BCUT2D eigenvalue weighted by Crippen LogP contribution is -2.31. The van der Waals surface area contributed by atoms with Crippen molar-refractivity contribution in [2.75, 3.05) is 19.7 Å². The van der Waals surface area contributed by atoms with Crippen LogP contribution in [0.2, 0.25) is 5.02 Å². The maximum absolute atomic E-state index is 13.6. The number of halogens is 4. The number of carboxylic acid groups (broad SMARTS) is 1. The van der Waals surface area contributed by atoms with Gasteiger partial charge in [0.05, 0.1) is 23.6 Å². The molecule has 0 aliphatic rings. The molecule has 8 heteroatoms. The third-order valence-corrected chi connectivity index (χ3v) is 7.26. The van der Waals surface area contributed by atoms with Gasteiger partial charge in [0.15, 0.2) is 0 Å². The number of carbonyl (C=O) groups is 1. The van der Waals surface area contributed by atoms with Gasteiger partial charge in [-0.1, -0.05) is 103 Å². The number of rotatable bonds is 13. The Morgan fingerprint density at radius 1 is 0.829 bits per heavy atom. The van der Waals surface area contributed by atoms with Crippen LogP contribution in [0.15, 0.2) is 103 Å². The molecule has 0 spiro atoms. The van der Waals surface area contributed by atoms with Crippen molar-refractivity contribution in [1.29, 1.82) is 0 Å². The van der Waals surface area contributed by atoms with Gasteiger partial charge in [0, 0.05) is 31.1 Å². The summed E-state index contributed by atoms with van der Waals surface area (Å²) in [4.78, 5) is 13.3. The van der Waals surface area contributed by atoms with Crippen molar-refractivity contribution >= 4 is 17.6 Å². The van der Waals surface area contributed by atoms with Crippen LogP contribution >= 0.6 is 11.6 Å². The SMILES string of the molecule is O=C(O)Cc1ccccc1OCCCN(Cc1cccc(C(F)(F)F)c1Cl)CC(c1ccccc1)c1ccccc1. The zero-order valence-electron chi connectivity index (χ0n) is 22.4. The van der Waals surface area contributed by atoms with E-state index in [4.69, 9.17) is 16.3 Å². The van der Waals surface area contributed by atoms with Crippen molar-refractivity contribution in [2.24, 2.45) is 0 Å². The zero-order chi connectivity index (χ0) is 29.2. The molecule has 4 nitrogen and oxygen atoms in total. The number of ether oxygens (including phenoxy) is 1. The Bertz CT molecular complexity index is 1370. The lowest BCUT2D eigenvalue weighted by molar-refractivity contribution is -0.138. The molecule has 0 saturated carbocycles. The van der Waals surface area contributed by atoms with Gasteiger partial charge >= 0.3 is 12.1 Å². The van der Waals surface area contributed by atoms with Crippen LogP contribution < -0.4 is 4.74 Å². The van der Waals surface area contributed by atoms with Gasteiger partial charge < -0.3 is 9.84 Å². The first-order valence-electron chi connectivity index (χ1n) is 13.3. The Morgan fingerprint density at radius 2 is 1.41 bits per heavy atom. The van der Waals surface area contributed by atoms with Gasteiger partial charge in [-0.05, 0) is 35.2 Å². The summed E-state index contributed by atoms with van der Waals surface area (Å²) in [6, 6.07) is 31.0. The first-order valence-corrected chi connectivity index (χ1v) is 13.7. The Balaban J connectivity index is 1.56. The summed E-state index contributed by atoms with van der Waals surface area (Å²) in [6.45, 7) is 1.58. The minimum Gasteiger partial charge on any atom is -0.493 e. The smallest absolute Gasteiger partial charge is 0.417 e. The summed E-state index contributed by atoms with van der Waals surface area (Å²) in [5.41, 5.74) is 2.32. The van der Waals surface area contributed by atoms with E-state index in [2.05, 4.69) is 29.2 Å². The van der Waals surface area contributed by atoms with E-state index in [1.54, 1.807) is 30.3 Å². The standard InChI is InChI=1S/C33H31ClF3NO3/c34-32-27(16-9-17-29(32)33(35,36)37)22-38(19-10-20-41-30-18-8-7-15-26(30)21-31(39)40)23-28(24-11-3-1-4-12-24)25-13-5-2-6-14-25/h1-9,11-18,28H,10,19-23H2,(H,39,40). The van der Waals surface area contributed by atoms with E-state index < -0.39 is 17.7 Å². The molecule has 0 amide bonds. The molecular weight excluding hydrogens is 551 g/mol. The normalized spacial score (nSPS) is 11.7. The average Bonchev–Trinajstić information content (AvgIpc) is 2.95. The van der Waals surface area contributed by atoms with Crippen molar-refractivity contribution in [1.82, 2.24) is 4.90 Å². The van der Waals surface area contributed by atoms with Gasteiger partial charge in [-0.3, -0.25) is 9.69 Å². The molecule has 4 aromatic rings. The Kier molecular flexibility index (Phi) is 10.4. The first-order chi connectivity index (χ1) is 19.7. The summed E-state index contributed by atoms with van der Waals surface area (Å²) in [5.74, 6) is -0.467. The summed E-state index contributed by atoms with van der Waals surface area (Å²) in [5, 5.41) is 8.90. The maximum atomic E-state index is 13.6. The van der Waals surface area contributed by atoms with Crippen molar-refractivity contribution < 1.29 is 27.8 Å². The van der Waals surface area contributed by atoms with Gasteiger partial charge in [-0.15, -0.1) is 0 Å². The molecule has 0 aromatic heterocycles. The zero-order valence-corrected chi connectivity index (χ0v) is 23.1. The molecule has 1 N–H and O–H groups in total. The largest absolute Gasteiger partial charge is 0.493 e. The Labute approximate surface area is 243 Å². The molecule has 0 atom stereocenters. The van der Waals surface area contributed by atoms with Crippen LogP contribution in [0.25, 0.3) is 0 Å². The highest BCUT2D eigenvalue weighted by Crippen LogP contribution is 2.37. The molecule has 4 aromatic carbocycles. The molecule has 0 saturated heterocycles. The molecular formula is C33H31ClF3NO3. The molecule has 0 radical (unpaired) electrons. The predicted octanol–water partition coefficient (Wildman–Crippen LogP) is 8.09. The summed E-state index contributed by atoms with van der Waals surface area (Å²) in [6.07, 6.45) is -4.13. The van der Waals surface area contributed by atoms with Crippen LogP contribution in [0.5, 0.6) is 5.75 Å². The van der Waals surface area contributed by atoms with Crippen LogP contribution in [0.3, 0.4) is 0 Å². The number of carboxylic acids is 1. The minimum absolute atomic E-state index is 0.0285. The van der Waals surface area contributed by atoms with Gasteiger partial charge in [0.2, 0.25) is 0 Å². The van der Waals surface area contributed by atoms with E-state index in [1.807, 2.05) is 36.4 Å². The molecule has 0 aliphatic heterocycles. The highest BCUT2D eigenvalue weighted by atomic mass is 35.5. The highest BCUT2D eigenvalue weighted by molar-refractivity contribution is 6.32. The first kappa shape index (κ1) is 30.2. The Morgan fingerprint density at radius 3 is 2.02 bits per heavy atom. The second kappa shape index (κ2) is 14.2. The summed E-state index contributed by atoms with van der Waals surface area (Å²) < 4.78 is 46.7. The second-order valence-electron chi connectivity index (χ2n) is 9.77. The highest BCUT2D eigenvalue weighted by Gasteiger charge is 2.34. The molecule has 0 fully saturated rings. The second-order valence-corrected chi connectivity index (χ2v) is 10.1. The van der Waals surface area contributed by atoms with Crippen LogP contribution in [0.1, 0.15) is 40.2 Å². The number of para-hydroxylation sites is 1. The molecule has 214 valence electrons. The van der Waals surface area contributed by atoms with Crippen molar-refractivity contribution in [3.05, 3.63) is 136 Å². The quantitative estimate of drug-likeness (QED) is 0.162. The van der Waals surface area contributed by atoms with Crippen molar-refractivity contribution in [3.8, 4) is 5.75 Å². The molecule has 41 heavy (non-hydrogen) atoms. The minimum atomic E-state index is -4.55. The van der Waals surface area contributed by atoms with E-state index in [-0.39, 0.29) is 23.9 Å². The van der Waals surface area contributed by atoms with E-state index in [0.29, 0.717) is 43.0 Å². The fraction of sp³-hybridized carbons (Fsp3) is 0.242. The number of benzene rings is 4. The van der Waals surface area contributed by atoms with Crippen LogP contribution in [0, 0.1) is 0 Å². The number of alkyl halides is 3. The summed E-state index contributed by atoms with van der Waals surface area (Å²) >= 11 is 6.29. The van der Waals surface area contributed by atoms with Crippen molar-refractivity contribution in [3.63, 3.8) is 0 Å². The van der Waals surface area contributed by atoms with E-state index in [0.717, 1.165) is 17.2 Å². The van der Waals surface area contributed by atoms with Crippen molar-refractivity contribution in [2.45, 2.75) is 31.5 Å². The lowest BCUT2D eigenvalue weighted by Gasteiger charge is -2.29. The number of hydrogen-bond donors (Lipinski definition) is 1. The molecule has 0 bridgehead atoms. The van der Waals surface area contributed by atoms with Gasteiger partial charge in [-0.2, -0.15) is 13.2 Å². The lowest BCUT2D eigenvalue weighted by atomic mass is 9.90. The van der Waals surface area contributed by atoms with Crippen LogP contribution in [0.4, 0.5) is 13.2 Å². The predicted molar refractivity (Wildman–Crippen MR) is 154 cm³/mol. The third-order valence-electron chi connectivity index (χ3n) is 6.81. The topological polar surface area (TPSA) is 49.8 Å². The van der Waals surface area contributed by atoms with E-state index >= 15 is 0 Å². The van der Waals surface area contributed by atoms with Gasteiger partial charge in [0.25, 0.3) is 0 Å². The molecule has 0 heterocycles. The molecule has 4 rings (SSSR count). The summed E-state index contributed by atoms with van der Waals surface area (Å²) in [7, 11) is 0. The van der Waals surface area contributed by atoms with Crippen LogP contribution in [-0.2, 0) is 23.9 Å². The Hall–Kier alpha value is -3.81.